The van der Waals surface area contributed by atoms with Crippen molar-refractivity contribution in [2.75, 3.05) is 6.61 Å². The van der Waals surface area contributed by atoms with Crippen LogP contribution in [0, 0.1) is 29.1 Å². The van der Waals surface area contributed by atoms with E-state index >= 15 is 0 Å². The number of hydrogen-bond acceptors (Lipinski definition) is 2. The van der Waals surface area contributed by atoms with Crippen molar-refractivity contribution in [1.29, 1.82) is 5.26 Å². The largest absolute Gasteiger partial charge is 0.411 e. The number of rotatable bonds is 2. The van der Waals surface area contributed by atoms with Crippen molar-refractivity contribution in [2.45, 2.75) is 18.7 Å². The van der Waals surface area contributed by atoms with Crippen molar-refractivity contribution in [3.8, 4) is 6.07 Å². The molecule has 0 radical (unpaired) electrons. The van der Waals surface area contributed by atoms with E-state index < -0.39 is 36.1 Å². The highest BCUT2D eigenvalue weighted by Gasteiger charge is 2.62. The molecule has 1 saturated carbocycles. The Morgan fingerprint density at radius 3 is 2.87 bits per heavy atom. The minimum Gasteiger partial charge on any atom is -0.361 e. The smallest absolute Gasteiger partial charge is 0.361 e. The van der Waals surface area contributed by atoms with Crippen LogP contribution in [0.3, 0.4) is 0 Å². The van der Waals surface area contributed by atoms with Crippen LogP contribution in [0.15, 0.2) is 12.1 Å². The van der Waals surface area contributed by atoms with Crippen LogP contribution in [-0.2, 0) is 4.74 Å². The van der Waals surface area contributed by atoms with Crippen LogP contribution in [0.1, 0.15) is 9.67 Å². The Bertz CT molecular complexity index is 430. The molecule has 0 aromatic carbocycles. The van der Waals surface area contributed by atoms with Gasteiger partial charge in [-0.25, -0.2) is 0 Å². The van der Waals surface area contributed by atoms with Gasteiger partial charge in [0.15, 0.2) is 0 Å². The zero-order valence-electron chi connectivity index (χ0n) is 9.93. The molecular formula is C10H10F3NO. The summed E-state index contributed by atoms with van der Waals surface area (Å²) in [6.07, 6.45) is -3.24. The SMILES string of the molecule is [2H]C1=C[C@@](C)(OCC(F)(F)F)[C@H]2[C@H](C#N)[C@@]12[2H]. The molecule has 0 unspecified atom stereocenters. The van der Waals surface area contributed by atoms with Crippen molar-refractivity contribution >= 4 is 0 Å². The molecule has 4 atom stereocenters. The number of ether oxygens (including phenoxy) is 1. The average molecular weight is 219 g/mol. The van der Waals surface area contributed by atoms with E-state index in [2.05, 4.69) is 0 Å². The molecule has 5 heteroatoms. The van der Waals surface area contributed by atoms with Crippen LogP contribution in [0.4, 0.5) is 13.2 Å². The van der Waals surface area contributed by atoms with Gasteiger partial charge < -0.3 is 4.74 Å². The van der Waals surface area contributed by atoms with E-state index in [0.29, 0.717) is 0 Å². The van der Waals surface area contributed by atoms with Gasteiger partial charge in [-0.05, 0) is 6.92 Å². The van der Waals surface area contributed by atoms with Crippen LogP contribution in [0.25, 0.3) is 0 Å². The van der Waals surface area contributed by atoms with Gasteiger partial charge in [-0.2, -0.15) is 18.4 Å². The molecule has 2 aliphatic rings. The van der Waals surface area contributed by atoms with E-state index in [-0.39, 0.29) is 6.05 Å². The molecule has 0 heterocycles. The molecule has 0 aromatic rings. The molecule has 2 aliphatic carbocycles. The van der Waals surface area contributed by atoms with Gasteiger partial charge in [-0.15, -0.1) is 0 Å². The first kappa shape index (κ1) is 8.17. The van der Waals surface area contributed by atoms with Crippen molar-refractivity contribution in [3.63, 3.8) is 0 Å². The predicted octanol–water partition coefficient (Wildman–Crippen LogP) is 2.28. The molecule has 0 saturated heterocycles. The second-order valence-electron chi connectivity index (χ2n) is 3.92. The second kappa shape index (κ2) is 2.99. The van der Waals surface area contributed by atoms with Crippen LogP contribution < -0.4 is 0 Å². The lowest BCUT2D eigenvalue weighted by Crippen LogP contribution is -2.33. The van der Waals surface area contributed by atoms with Crippen molar-refractivity contribution in [3.05, 3.63) is 12.1 Å². The normalized spacial score (nSPS) is 49.9. The first-order valence-corrected chi connectivity index (χ1v) is 4.45. The number of nitrogens with zero attached hydrogens (tertiary/aromatic N) is 1. The fraction of sp³-hybridized carbons (Fsp3) is 0.700. The Morgan fingerprint density at radius 2 is 2.40 bits per heavy atom. The van der Waals surface area contributed by atoms with Crippen LogP contribution in [-0.4, -0.2) is 18.4 Å². The van der Waals surface area contributed by atoms with Gasteiger partial charge in [0.1, 0.15) is 6.61 Å². The minimum atomic E-state index is -4.46. The van der Waals surface area contributed by atoms with Gasteiger partial charge in [-0.3, -0.25) is 0 Å². The van der Waals surface area contributed by atoms with Crippen molar-refractivity contribution in [2.24, 2.45) is 17.7 Å². The number of halogens is 3. The van der Waals surface area contributed by atoms with Gasteiger partial charge in [0.05, 0.1) is 19.0 Å². The van der Waals surface area contributed by atoms with Gasteiger partial charge in [0.25, 0.3) is 0 Å². The summed E-state index contributed by atoms with van der Waals surface area (Å²) in [4.78, 5) is 0. The predicted molar refractivity (Wildman–Crippen MR) is 45.6 cm³/mol. The first-order chi connectivity index (χ1) is 7.65. The maximum absolute atomic E-state index is 12.1. The molecule has 15 heavy (non-hydrogen) atoms. The lowest BCUT2D eigenvalue weighted by molar-refractivity contribution is -0.197. The summed E-state index contributed by atoms with van der Waals surface area (Å²) >= 11 is 0. The lowest BCUT2D eigenvalue weighted by Gasteiger charge is -2.25. The zero-order chi connectivity index (χ0) is 13.1. The molecule has 0 N–H and O–H groups in total. The maximum Gasteiger partial charge on any atom is 0.411 e. The summed E-state index contributed by atoms with van der Waals surface area (Å²) in [6.45, 7) is -0.0381. The summed E-state index contributed by atoms with van der Waals surface area (Å²) in [5.41, 5.74) is -1.34. The molecule has 0 spiro atoms. The monoisotopic (exact) mass is 219 g/mol. The summed E-state index contributed by atoms with van der Waals surface area (Å²) in [5, 5.41) is 8.80. The van der Waals surface area contributed by atoms with Crippen LogP contribution in [0.2, 0.25) is 0 Å². The second-order valence-corrected chi connectivity index (χ2v) is 3.92. The van der Waals surface area contributed by atoms with Gasteiger partial charge >= 0.3 is 6.18 Å². The molecule has 0 aliphatic heterocycles. The number of alkyl halides is 3. The van der Waals surface area contributed by atoms with Gasteiger partial charge in [-0.1, -0.05) is 12.1 Å². The van der Waals surface area contributed by atoms with E-state index in [0.717, 1.165) is 0 Å². The zero-order valence-corrected chi connectivity index (χ0v) is 7.93. The average Bonchev–Trinajstić information content (AvgIpc) is 2.76. The van der Waals surface area contributed by atoms with Crippen molar-refractivity contribution in [1.82, 2.24) is 0 Å². The molecule has 2 nitrogen and oxygen atoms in total. The minimum absolute atomic E-state index is 0.126. The molecule has 82 valence electrons. The molecule has 2 rings (SSSR count). The molecular weight excluding hydrogens is 207 g/mol. The van der Waals surface area contributed by atoms with Gasteiger partial charge in [0, 0.05) is 13.2 Å². The summed E-state index contributed by atoms with van der Waals surface area (Å²) in [7, 11) is 0. The van der Waals surface area contributed by atoms with E-state index in [1.807, 2.05) is 6.07 Å². The third-order valence-electron chi connectivity index (χ3n) is 2.72. The van der Waals surface area contributed by atoms with Crippen molar-refractivity contribution < 1.29 is 20.6 Å². The van der Waals surface area contributed by atoms with E-state index in [4.69, 9.17) is 12.7 Å². The van der Waals surface area contributed by atoms with Gasteiger partial charge in [0.2, 0.25) is 0 Å². The highest BCUT2D eigenvalue weighted by molar-refractivity contribution is 5.32. The Balaban J connectivity index is 2.16. The number of allylic oxidation sites excluding steroid dienone is 1. The summed E-state index contributed by atoms with van der Waals surface area (Å²) in [6, 6.07) is 1.73. The Morgan fingerprint density at radius 1 is 1.73 bits per heavy atom. The molecule has 0 bridgehead atoms. The quantitative estimate of drug-likeness (QED) is 0.667. The molecule has 0 amide bonds. The third kappa shape index (κ3) is 1.74. The molecule has 1 fully saturated rings. The first-order valence-electron chi connectivity index (χ1n) is 5.45. The fourth-order valence-corrected chi connectivity index (χ4v) is 1.91. The Hall–Kier alpha value is -1.02. The van der Waals surface area contributed by atoms with E-state index in [1.54, 1.807) is 0 Å². The number of hydrogen-bond donors (Lipinski definition) is 0. The number of fused-ring (bicyclic) bond motifs is 1. The summed E-state index contributed by atoms with van der Waals surface area (Å²) < 4.78 is 56.5. The number of nitriles is 1. The maximum atomic E-state index is 12.1. The van der Waals surface area contributed by atoms with E-state index in [1.165, 1.54) is 13.0 Å². The highest BCUT2D eigenvalue weighted by atomic mass is 19.4. The Kier molecular flexibility index (Phi) is 1.63. The van der Waals surface area contributed by atoms with Crippen LogP contribution >= 0.6 is 0 Å². The van der Waals surface area contributed by atoms with E-state index in [9.17, 15) is 13.2 Å². The standard InChI is InChI=1S/C10H10F3NO/c1-9(15-5-10(11,12)13)3-2-6-7(4-14)8(6)9/h2-3,6-8H,5H2,1H3/t6-,7-,8-,9-/m1/s1/i2D,6D. The fourth-order valence-electron chi connectivity index (χ4n) is 1.91. The van der Waals surface area contributed by atoms with Crippen LogP contribution in [0.5, 0.6) is 0 Å². The highest BCUT2D eigenvalue weighted by Crippen LogP contribution is 2.59. The topological polar surface area (TPSA) is 33.0 Å². The summed E-state index contributed by atoms with van der Waals surface area (Å²) in [5.74, 6) is -2.80. The molecule has 0 aromatic heterocycles. The lowest BCUT2D eigenvalue weighted by atomic mass is 10.0. The Labute approximate surface area is 88.1 Å². The third-order valence-corrected chi connectivity index (χ3v) is 2.72.